The molecular formula is C20H22F3N3O2. The van der Waals surface area contributed by atoms with Crippen LogP contribution >= 0.6 is 0 Å². The van der Waals surface area contributed by atoms with Gasteiger partial charge in [-0.05, 0) is 45.2 Å². The highest BCUT2D eigenvalue weighted by molar-refractivity contribution is 5.98. The van der Waals surface area contributed by atoms with E-state index in [1.165, 1.54) is 4.90 Å². The summed E-state index contributed by atoms with van der Waals surface area (Å²) in [5.74, 6) is -5.33. The highest BCUT2D eigenvalue weighted by atomic mass is 19.2. The van der Waals surface area contributed by atoms with E-state index in [0.29, 0.717) is 6.54 Å². The van der Waals surface area contributed by atoms with Crippen molar-refractivity contribution < 1.29 is 22.8 Å². The van der Waals surface area contributed by atoms with Crippen molar-refractivity contribution in [2.45, 2.75) is 19.9 Å². The van der Waals surface area contributed by atoms with E-state index in [0.717, 1.165) is 17.8 Å². The maximum Gasteiger partial charge on any atom is 0.244 e. The van der Waals surface area contributed by atoms with Gasteiger partial charge in [-0.15, -0.1) is 0 Å². The minimum Gasteiger partial charge on any atom is -0.322 e. The zero-order valence-corrected chi connectivity index (χ0v) is 15.9. The minimum atomic E-state index is -1.66. The Balaban J connectivity index is 2.03. The number of carbonyl (C=O) groups excluding carboxylic acids is 2. The number of anilines is 2. The van der Waals surface area contributed by atoms with Crippen LogP contribution in [0.2, 0.25) is 0 Å². The molecule has 0 aromatic heterocycles. The van der Waals surface area contributed by atoms with Gasteiger partial charge in [-0.25, -0.2) is 13.2 Å². The monoisotopic (exact) mass is 393 g/mol. The minimum absolute atomic E-state index is 0.206. The third-order valence-corrected chi connectivity index (χ3v) is 4.37. The number of hydrogen-bond acceptors (Lipinski definition) is 3. The Morgan fingerprint density at radius 2 is 1.68 bits per heavy atom. The number of benzene rings is 2. The number of rotatable bonds is 7. The molecule has 0 unspecified atom stereocenters. The van der Waals surface area contributed by atoms with Crippen molar-refractivity contribution in [3.8, 4) is 0 Å². The first-order chi connectivity index (χ1) is 13.3. The number of likely N-dealkylation sites (N-methyl/N-ethyl adjacent to an activating group) is 2. The van der Waals surface area contributed by atoms with Gasteiger partial charge in [0.2, 0.25) is 11.8 Å². The van der Waals surface area contributed by atoms with Gasteiger partial charge in [0.25, 0.3) is 0 Å². The van der Waals surface area contributed by atoms with Gasteiger partial charge in [-0.3, -0.25) is 14.5 Å². The lowest BCUT2D eigenvalue weighted by Gasteiger charge is -2.29. The van der Waals surface area contributed by atoms with Gasteiger partial charge in [0, 0.05) is 12.2 Å². The van der Waals surface area contributed by atoms with Crippen LogP contribution in [0.4, 0.5) is 24.5 Å². The molecule has 0 saturated carbocycles. The molecule has 0 heterocycles. The van der Waals surface area contributed by atoms with Crippen LogP contribution in [0, 0.1) is 17.5 Å². The zero-order chi connectivity index (χ0) is 20.8. The molecule has 150 valence electrons. The molecule has 2 amide bonds. The second kappa shape index (κ2) is 9.36. The lowest BCUT2D eigenvalue weighted by Crippen LogP contribution is -2.48. The smallest absolute Gasteiger partial charge is 0.244 e. The van der Waals surface area contributed by atoms with Crippen LogP contribution in [0.15, 0.2) is 42.5 Å². The SMILES string of the molecule is CCN(C(=O)[C@H](C)N(C)CC(=O)Nc1ccc(F)c(F)c1F)c1ccccc1. The van der Waals surface area contributed by atoms with Crippen LogP contribution in [0.25, 0.3) is 0 Å². The molecule has 0 saturated heterocycles. The predicted molar refractivity (Wildman–Crippen MR) is 102 cm³/mol. The van der Waals surface area contributed by atoms with Crippen LogP contribution in [-0.4, -0.2) is 42.9 Å². The Hall–Kier alpha value is -2.87. The van der Waals surface area contributed by atoms with E-state index in [1.54, 1.807) is 18.9 Å². The summed E-state index contributed by atoms with van der Waals surface area (Å²) >= 11 is 0. The van der Waals surface area contributed by atoms with Gasteiger partial charge < -0.3 is 10.2 Å². The van der Waals surface area contributed by atoms with Gasteiger partial charge in [0.15, 0.2) is 17.5 Å². The largest absolute Gasteiger partial charge is 0.322 e. The molecule has 0 spiro atoms. The van der Waals surface area contributed by atoms with E-state index >= 15 is 0 Å². The molecule has 0 aliphatic heterocycles. The van der Waals surface area contributed by atoms with Gasteiger partial charge in [-0.2, -0.15) is 0 Å². The number of nitrogens with one attached hydrogen (secondary N) is 1. The quantitative estimate of drug-likeness (QED) is 0.734. The van der Waals surface area contributed by atoms with E-state index in [9.17, 15) is 22.8 Å². The summed E-state index contributed by atoms with van der Waals surface area (Å²) in [4.78, 5) is 28.0. The number of para-hydroxylation sites is 1. The number of carbonyl (C=O) groups is 2. The number of hydrogen-bond donors (Lipinski definition) is 1. The average molecular weight is 393 g/mol. The second-order valence-electron chi connectivity index (χ2n) is 6.28. The number of halogens is 3. The molecule has 0 aliphatic rings. The van der Waals surface area contributed by atoms with Crippen molar-refractivity contribution in [1.29, 1.82) is 0 Å². The van der Waals surface area contributed by atoms with E-state index in [-0.39, 0.29) is 12.5 Å². The lowest BCUT2D eigenvalue weighted by atomic mass is 10.2. The van der Waals surface area contributed by atoms with Crippen molar-refractivity contribution in [1.82, 2.24) is 4.90 Å². The van der Waals surface area contributed by atoms with Crippen molar-refractivity contribution >= 4 is 23.2 Å². The van der Waals surface area contributed by atoms with E-state index in [2.05, 4.69) is 5.32 Å². The van der Waals surface area contributed by atoms with Crippen molar-refractivity contribution in [2.75, 3.05) is 30.4 Å². The molecular weight excluding hydrogens is 371 g/mol. The van der Waals surface area contributed by atoms with Crippen LogP contribution in [-0.2, 0) is 9.59 Å². The fourth-order valence-electron chi connectivity index (χ4n) is 2.66. The van der Waals surface area contributed by atoms with E-state index in [4.69, 9.17) is 0 Å². The second-order valence-corrected chi connectivity index (χ2v) is 6.28. The summed E-state index contributed by atoms with van der Waals surface area (Å²) in [6.45, 7) is 3.71. The first kappa shape index (κ1) is 21.4. The fourth-order valence-corrected chi connectivity index (χ4v) is 2.66. The fraction of sp³-hybridized carbons (Fsp3) is 0.300. The van der Waals surface area contributed by atoms with Crippen LogP contribution in [0.5, 0.6) is 0 Å². The average Bonchev–Trinajstić information content (AvgIpc) is 2.69. The first-order valence-corrected chi connectivity index (χ1v) is 8.76. The Bertz CT molecular complexity index is 846. The predicted octanol–water partition coefficient (Wildman–Crippen LogP) is 3.42. The molecule has 0 fully saturated rings. The lowest BCUT2D eigenvalue weighted by molar-refractivity contribution is -0.124. The topological polar surface area (TPSA) is 52.7 Å². The molecule has 28 heavy (non-hydrogen) atoms. The molecule has 2 rings (SSSR count). The maximum absolute atomic E-state index is 13.7. The molecule has 2 aromatic rings. The van der Waals surface area contributed by atoms with Crippen molar-refractivity contribution in [3.05, 3.63) is 59.9 Å². The number of amides is 2. The molecule has 1 atom stereocenters. The summed E-state index contributed by atoms with van der Waals surface area (Å²) in [6, 6.07) is 10.1. The Morgan fingerprint density at radius 1 is 1.04 bits per heavy atom. The Labute approximate surface area is 161 Å². The summed E-state index contributed by atoms with van der Waals surface area (Å²) in [7, 11) is 1.57. The Morgan fingerprint density at radius 3 is 2.29 bits per heavy atom. The van der Waals surface area contributed by atoms with Gasteiger partial charge in [0.05, 0.1) is 18.3 Å². The summed E-state index contributed by atoms with van der Waals surface area (Å²) in [5.41, 5.74) is 0.277. The molecule has 1 N–H and O–H groups in total. The number of nitrogens with zero attached hydrogens (tertiary/aromatic N) is 2. The third kappa shape index (κ3) is 4.89. The highest BCUT2D eigenvalue weighted by Gasteiger charge is 2.25. The van der Waals surface area contributed by atoms with Crippen molar-refractivity contribution in [3.63, 3.8) is 0 Å². The first-order valence-electron chi connectivity index (χ1n) is 8.76. The zero-order valence-electron chi connectivity index (χ0n) is 15.9. The molecule has 0 radical (unpaired) electrons. The normalized spacial score (nSPS) is 12.0. The summed E-state index contributed by atoms with van der Waals surface area (Å²) in [5, 5.41) is 2.19. The van der Waals surface area contributed by atoms with Gasteiger partial charge in [0.1, 0.15) is 0 Å². The molecule has 2 aromatic carbocycles. The van der Waals surface area contributed by atoms with Crippen molar-refractivity contribution in [2.24, 2.45) is 0 Å². The molecule has 5 nitrogen and oxygen atoms in total. The van der Waals surface area contributed by atoms with E-state index < -0.39 is 35.1 Å². The highest BCUT2D eigenvalue weighted by Crippen LogP contribution is 2.20. The van der Waals surface area contributed by atoms with E-state index in [1.807, 2.05) is 37.3 Å². The molecule has 8 heteroatoms. The molecule has 0 bridgehead atoms. The summed E-state index contributed by atoms with van der Waals surface area (Å²) in [6.07, 6.45) is 0. The van der Waals surface area contributed by atoms with Gasteiger partial charge >= 0.3 is 0 Å². The molecule has 0 aliphatic carbocycles. The van der Waals surface area contributed by atoms with Crippen LogP contribution in [0.1, 0.15) is 13.8 Å². The van der Waals surface area contributed by atoms with Gasteiger partial charge in [-0.1, -0.05) is 18.2 Å². The third-order valence-electron chi connectivity index (χ3n) is 4.37. The standard InChI is InChI=1S/C20H22F3N3O2/c1-4-26(14-8-6-5-7-9-14)20(28)13(2)25(3)12-17(27)24-16-11-10-15(21)18(22)19(16)23/h5-11,13H,4,12H2,1-3H3,(H,24,27)/t13-/m0/s1. The summed E-state index contributed by atoms with van der Waals surface area (Å²) < 4.78 is 39.9. The maximum atomic E-state index is 13.7. The Kier molecular flexibility index (Phi) is 7.17. The van der Waals surface area contributed by atoms with Crippen LogP contribution < -0.4 is 10.2 Å². The van der Waals surface area contributed by atoms with Crippen LogP contribution in [0.3, 0.4) is 0 Å².